The molecule has 33 heavy (non-hydrogen) atoms. The molecule has 0 atom stereocenters. The molecule has 0 radical (unpaired) electrons. The zero-order valence-corrected chi connectivity index (χ0v) is 18.5. The van der Waals surface area contributed by atoms with Crippen LogP contribution in [0.5, 0.6) is 5.75 Å². The lowest BCUT2D eigenvalue weighted by atomic mass is 10.1. The summed E-state index contributed by atoms with van der Waals surface area (Å²) in [6.07, 6.45) is 0.00118. The molecule has 0 aliphatic rings. The van der Waals surface area contributed by atoms with Crippen LogP contribution in [0.25, 0.3) is 0 Å². The third-order valence-corrected chi connectivity index (χ3v) is 3.70. The van der Waals surface area contributed by atoms with E-state index in [-0.39, 0.29) is 24.9 Å². The summed E-state index contributed by atoms with van der Waals surface area (Å²) in [7, 11) is 3.16. The average Bonchev–Trinajstić information content (AvgIpc) is 2.73. The van der Waals surface area contributed by atoms with Gasteiger partial charge in [-0.25, -0.2) is 9.79 Å². The van der Waals surface area contributed by atoms with Crippen LogP contribution in [0, 0.1) is 0 Å². The van der Waals surface area contributed by atoms with Crippen molar-refractivity contribution >= 4 is 35.5 Å². The lowest BCUT2D eigenvalue weighted by molar-refractivity contribution is -0.150. The summed E-state index contributed by atoms with van der Waals surface area (Å²) < 4.78 is 10.2. The van der Waals surface area contributed by atoms with Gasteiger partial charge in [0.15, 0.2) is 12.6 Å². The minimum Gasteiger partial charge on any atom is -0.481 e. The number of likely N-dealkylation sites (N-methyl/N-ethyl adjacent to an activating group) is 1. The minimum absolute atomic E-state index is 0.00118. The number of carbonyl (C=O) groups excluding carboxylic acids is 3. The summed E-state index contributed by atoms with van der Waals surface area (Å²) >= 11 is 0. The van der Waals surface area contributed by atoms with Crippen molar-refractivity contribution in [2.45, 2.75) is 13.3 Å². The number of hydrogen-bond donors (Lipinski definition) is 3. The zero-order chi connectivity index (χ0) is 25.0. The van der Waals surface area contributed by atoms with Gasteiger partial charge in [0.05, 0.1) is 17.7 Å². The first-order chi connectivity index (χ1) is 15.5. The topological polar surface area (TPSA) is 175 Å². The first kappa shape index (κ1) is 26.6. The number of nitrogens with zero attached hydrogens (tertiary/aromatic N) is 2. The molecule has 2 rings (SSSR count). The summed E-state index contributed by atoms with van der Waals surface area (Å²) in [5.74, 6) is -1.95. The van der Waals surface area contributed by atoms with Crippen LogP contribution in [0.2, 0.25) is 0 Å². The van der Waals surface area contributed by atoms with E-state index in [1.807, 2.05) is 0 Å². The molecule has 0 heterocycles. The molecule has 1 amide bonds. The molecular formula is C22H26N4O7. The van der Waals surface area contributed by atoms with Crippen molar-refractivity contribution in [3.05, 3.63) is 59.7 Å². The first-order valence-corrected chi connectivity index (χ1v) is 9.54. The van der Waals surface area contributed by atoms with Crippen molar-refractivity contribution in [1.29, 1.82) is 0 Å². The van der Waals surface area contributed by atoms with E-state index < -0.39 is 17.9 Å². The van der Waals surface area contributed by atoms with E-state index in [0.717, 1.165) is 6.92 Å². The number of carbonyl (C=O) groups is 4. The smallest absolute Gasteiger partial charge is 0.343 e. The van der Waals surface area contributed by atoms with Gasteiger partial charge in [0.1, 0.15) is 5.75 Å². The van der Waals surface area contributed by atoms with Gasteiger partial charge in [0.25, 0.3) is 11.9 Å². The van der Waals surface area contributed by atoms with Gasteiger partial charge in [-0.1, -0.05) is 12.1 Å². The molecule has 2 aromatic carbocycles. The summed E-state index contributed by atoms with van der Waals surface area (Å²) in [6, 6.07) is 12.7. The highest BCUT2D eigenvalue weighted by Crippen LogP contribution is 2.17. The monoisotopic (exact) mass is 458 g/mol. The number of nitrogens with two attached hydrogens (primary N) is 2. The first-order valence-electron chi connectivity index (χ1n) is 9.54. The molecule has 0 bridgehead atoms. The Hall–Kier alpha value is -4.41. The van der Waals surface area contributed by atoms with Crippen molar-refractivity contribution in [2.75, 3.05) is 20.7 Å². The number of carboxylic acid groups (broad SMARTS) is 1. The maximum Gasteiger partial charge on any atom is 0.343 e. The Balaban J connectivity index is 0.00000125. The van der Waals surface area contributed by atoms with Crippen molar-refractivity contribution in [2.24, 2.45) is 16.5 Å². The summed E-state index contributed by atoms with van der Waals surface area (Å²) in [6.45, 7) is 0.781. The van der Waals surface area contributed by atoms with Gasteiger partial charge in [0.2, 0.25) is 0 Å². The minimum atomic E-state index is -0.833. The van der Waals surface area contributed by atoms with Crippen LogP contribution in [-0.2, 0) is 25.5 Å². The maximum absolute atomic E-state index is 12.2. The lowest BCUT2D eigenvalue weighted by Crippen LogP contribution is -2.27. The van der Waals surface area contributed by atoms with E-state index in [0.29, 0.717) is 22.6 Å². The molecule has 0 saturated heterocycles. The predicted octanol–water partition coefficient (Wildman–Crippen LogP) is 1.08. The van der Waals surface area contributed by atoms with Crippen LogP contribution in [0.15, 0.2) is 53.5 Å². The van der Waals surface area contributed by atoms with Crippen LogP contribution in [-0.4, -0.2) is 60.5 Å². The number of ether oxygens (including phenoxy) is 2. The van der Waals surface area contributed by atoms with Crippen LogP contribution in [0.4, 0.5) is 5.69 Å². The normalized spacial score (nSPS) is 9.55. The van der Waals surface area contributed by atoms with Crippen LogP contribution in [0.1, 0.15) is 22.8 Å². The zero-order valence-electron chi connectivity index (χ0n) is 18.5. The molecule has 0 saturated carbocycles. The largest absolute Gasteiger partial charge is 0.481 e. The van der Waals surface area contributed by atoms with E-state index in [1.165, 1.54) is 4.90 Å². The van der Waals surface area contributed by atoms with E-state index in [2.05, 4.69) is 4.99 Å². The molecule has 11 heteroatoms. The lowest BCUT2D eigenvalue weighted by Gasteiger charge is -2.10. The van der Waals surface area contributed by atoms with E-state index in [9.17, 15) is 14.4 Å². The van der Waals surface area contributed by atoms with Crippen molar-refractivity contribution < 1.29 is 33.8 Å². The second-order valence-electron chi connectivity index (χ2n) is 6.76. The van der Waals surface area contributed by atoms with Gasteiger partial charge in [-0.05, 0) is 42.0 Å². The van der Waals surface area contributed by atoms with Crippen LogP contribution >= 0.6 is 0 Å². The summed E-state index contributed by atoms with van der Waals surface area (Å²) in [5.41, 5.74) is 12.1. The SMILES string of the molecule is CC(=O)O.CN(C)C(=O)COC(=O)Cc1ccc(OC(=O)c2ccc(N=C(N)N)cc2)cc1. The molecule has 0 aliphatic heterocycles. The number of aliphatic imine (C=N–C) groups is 1. The van der Waals surface area contributed by atoms with Gasteiger partial charge in [-0.2, -0.15) is 0 Å². The highest BCUT2D eigenvalue weighted by atomic mass is 16.5. The van der Waals surface area contributed by atoms with Gasteiger partial charge in [-0.3, -0.25) is 14.4 Å². The Morgan fingerprint density at radius 3 is 2.00 bits per heavy atom. The third kappa shape index (κ3) is 11.0. The number of guanidine groups is 1. The molecule has 0 fully saturated rings. The number of benzene rings is 2. The Kier molecular flexibility index (Phi) is 10.6. The fourth-order valence-corrected chi connectivity index (χ4v) is 2.15. The Labute approximate surface area is 190 Å². The summed E-state index contributed by atoms with van der Waals surface area (Å²) in [4.78, 5) is 49.6. The highest BCUT2D eigenvalue weighted by Gasteiger charge is 2.11. The van der Waals surface area contributed by atoms with Gasteiger partial charge in [-0.15, -0.1) is 0 Å². The summed E-state index contributed by atoms with van der Waals surface area (Å²) in [5, 5.41) is 7.42. The van der Waals surface area contributed by atoms with E-state index in [4.69, 9.17) is 30.8 Å². The number of esters is 2. The number of amides is 1. The fraction of sp³-hybridized carbons (Fsp3) is 0.227. The highest BCUT2D eigenvalue weighted by molar-refractivity contribution is 5.91. The number of aliphatic carboxylic acids is 1. The van der Waals surface area contributed by atoms with Crippen molar-refractivity contribution in [3.8, 4) is 5.75 Å². The molecule has 176 valence electrons. The number of carboxylic acids is 1. The van der Waals surface area contributed by atoms with Crippen LogP contribution < -0.4 is 16.2 Å². The van der Waals surface area contributed by atoms with Gasteiger partial charge < -0.3 is 30.9 Å². The average molecular weight is 458 g/mol. The molecule has 0 aliphatic carbocycles. The Morgan fingerprint density at radius 2 is 1.52 bits per heavy atom. The molecule has 2 aromatic rings. The van der Waals surface area contributed by atoms with Crippen LogP contribution in [0.3, 0.4) is 0 Å². The number of hydrogen-bond acceptors (Lipinski definition) is 7. The van der Waals surface area contributed by atoms with E-state index >= 15 is 0 Å². The molecule has 0 unspecified atom stereocenters. The molecular weight excluding hydrogens is 432 g/mol. The molecule has 11 nitrogen and oxygen atoms in total. The van der Waals surface area contributed by atoms with Crippen molar-refractivity contribution in [3.63, 3.8) is 0 Å². The predicted molar refractivity (Wildman–Crippen MR) is 120 cm³/mol. The Morgan fingerprint density at radius 1 is 0.970 bits per heavy atom. The van der Waals surface area contributed by atoms with Gasteiger partial charge >= 0.3 is 11.9 Å². The second-order valence-corrected chi connectivity index (χ2v) is 6.76. The Bertz CT molecular complexity index is 992. The van der Waals surface area contributed by atoms with Crippen molar-refractivity contribution in [1.82, 2.24) is 4.90 Å². The second kappa shape index (κ2) is 13.1. The molecule has 0 spiro atoms. The fourth-order valence-electron chi connectivity index (χ4n) is 2.15. The molecule has 5 N–H and O–H groups in total. The third-order valence-electron chi connectivity index (χ3n) is 3.70. The maximum atomic E-state index is 12.2. The quantitative estimate of drug-likeness (QED) is 0.237. The van der Waals surface area contributed by atoms with Gasteiger partial charge in [0, 0.05) is 21.0 Å². The molecule has 0 aromatic heterocycles. The standard InChI is InChI=1S/C20H22N4O5.C2H4O2/c1-24(2)17(25)12-28-18(26)11-13-3-9-16(10-4-13)29-19(27)14-5-7-15(8-6-14)23-20(21)22;1-2(3)4/h3-10H,11-12H2,1-2H3,(H4,21,22,23);1H3,(H,3,4). The van der Waals surface area contributed by atoms with E-state index in [1.54, 1.807) is 62.6 Å². The number of rotatable bonds is 7.